The number of nitrogens with zero attached hydrogens (tertiary/aromatic N) is 4. The molecule has 0 saturated heterocycles. The topological polar surface area (TPSA) is 43.6 Å². The summed E-state index contributed by atoms with van der Waals surface area (Å²) in [6.45, 7) is 4.21. The summed E-state index contributed by atoms with van der Waals surface area (Å²) >= 11 is 0. The minimum atomic E-state index is 0.786. The summed E-state index contributed by atoms with van der Waals surface area (Å²) in [5.74, 6) is 0.786. The van der Waals surface area contributed by atoms with Gasteiger partial charge in [-0.05, 0) is 18.9 Å². The van der Waals surface area contributed by atoms with Crippen LogP contribution in [-0.2, 0) is 12.8 Å². The van der Waals surface area contributed by atoms with Gasteiger partial charge in [0.1, 0.15) is 0 Å². The Hall–Kier alpha value is -1.71. The highest BCUT2D eigenvalue weighted by Crippen LogP contribution is 2.10. The molecule has 4 heteroatoms. The molecular formula is C11H14N4. The van der Waals surface area contributed by atoms with Crippen molar-refractivity contribution in [2.24, 2.45) is 0 Å². The van der Waals surface area contributed by atoms with Crippen LogP contribution in [0.3, 0.4) is 0 Å². The van der Waals surface area contributed by atoms with Crippen molar-refractivity contribution in [2.75, 3.05) is 0 Å². The first-order valence-corrected chi connectivity index (χ1v) is 5.19. The van der Waals surface area contributed by atoms with Gasteiger partial charge >= 0.3 is 0 Å². The number of rotatable bonds is 3. The first kappa shape index (κ1) is 9.83. The lowest BCUT2D eigenvalue weighted by Gasteiger charge is -2.02. The third-order valence-electron chi connectivity index (χ3n) is 2.32. The molecule has 0 radical (unpaired) electrons. The van der Waals surface area contributed by atoms with E-state index in [0.717, 1.165) is 24.4 Å². The summed E-state index contributed by atoms with van der Waals surface area (Å²) in [6, 6.07) is 2.12. The summed E-state index contributed by atoms with van der Waals surface area (Å²) < 4.78 is 1.87. The molecule has 0 bridgehead atoms. The highest BCUT2D eigenvalue weighted by atomic mass is 15.3. The first-order valence-electron chi connectivity index (χ1n) is 5.19. The Labute approximate surface area is 89.0 Å². The average molecular weight is 202 g/mol. The van der Waals surface area contributed by atoms with Gasteiger partial charge < -0.3 is 0 Å². The van der Waals surface area contributed by atoms with Crippen LogP contribution in [0.2, 0.25) is 0 Å². The Morgan fingerprint density at radius 3 is 2.67 bits per heavy atom. The Bertz CT molecular complexity index is 433. The predicted octanol–water partition coefficient (Wildman–Crippen LogP) is 1.79. The first-order chi connectivity index (χ1) is 7.35. The van der Waals surface area contributed by atoms with E-state index in [4.69, 9.17) is 0 Å². The highest BCUT2D eigenvalue weighted by molar-refractivity contribution is 5.23. The van der Waals surface area contributed by atoms with Crippen LogP contribution in [-0.4, -0.2) is 19.7 Å². The standard InChI is InChI=1S/C11H14N4/c1-3-9-7-10(4-2)15(14-9)11-8-12-5-6-13-11/h5-8H,3-4H2,1-2H3. The Morgan fingerprint density at radius 2 is 2.07 bits per heavy atom. The molecule has 0 unspecified atom stereocenters. The van der Waals surface area contributed by atoms with E-state index in [9.17, 15) is 0 Å². The van der Waals surface area contributed by atoms with Gasteiger partial charge in [-0.1, -0.05) is 13.8 Å². The van der Waals surface area contributed by atoms with Crippen molar-refractivity contribution in [1.29, 1.82) is 0 Å². The molecule has 2 rings (SSSR count). The Balaban J connectivity index is 2.47. The molecule has 0 aliphatic heterocycles. The molecule has 0 aliphatic rings. The second kappa shape index (κ2) is 4.21. The molecule has 2 heterocycles. The van der Waals surface area contributed by atoms with Crippen LogP contribution in [0.4, 0.5) is 0 Å². The SMILES string of the molecule is CCc1cc(CC)n(-c2cnccn2)n1. The maximum atomic E-state index is 4.48. The lowest BCUT2D eigenvalue weighted by molar-refractivity contribution is 0.767. The molecule has 0 spiro atoms. The second-order valence-corrected chi connectivity index (χ2v) is 3.31. The number of aryl methyl sites for hydroxylation is 2. The molecular weight excluding hydrogens is 188 g/mol. The summed E-state index contributed by atoms with van der Waals surface area (Å²) in [7, 11) is 0. The van der Waals surface area contributed by atoms with E-state index < -0.39 is 0 Å². The summed E-state index contributed by atoms with van der Waals surface area (Å²) in [5.41, 5.74) is 2.27. The van der Waals surface area contributed by atoms with Gasteiger partial charge in [-0.3, -0.25) is 4.98 Å². The molecule has 0 N–H and O–H groups in total. The van der Waals surface area contributed by atoms with E-state index in [1.165, 1.54) is 5.69 Å². The van der Waals surface area contributed by atoms with E-state index in [1.54, 1.807) is 18.6 Å². The van der Waals surface area contributed by atoms with Crippen molar-refractivity contribution < 1.29 is 0 Å². The van der Waals surface area contributed by atoms with Gasteiger partial charge in [0.2, 0.25) is 0 Å². The smallest absolute Gasteiger partial charge is 0.172 e. The monoisotopic (exact) mass is 202 g/mol. The third-order valence-corrected chi connectivity index (χ3v) is 2.32. The van der Waals surface area contributed by atoms with Gasteiger partial charge in [-0.15, -0.1) is 0 Å². The van der Waals surface area contributed by atoms with Crippen LogP contribution in [0.15, 0.2) is 24.7 Å². The highest BCUT2D eigenvalue weighted by Gasteiger charge is 2.07. The zero-order valence-corrected chi connectivity index (χ0v) is 9.01. The van der Waals surface area contributed by atoms with Crippen molar-refractivity contribution >= 4 is 0 Å². The zero-order chi connectivity index (χ0) is 10.7. The summed E-state index contributed by atoms with van der Waals surface area (Å²) in [6.07, 6.45) is 6.97. The minimum Gasteiger partial charge on any atom is -0.259 e. The molecule has 0 saturated carbocycles. The van der Waals surface area contributed by atoms with Crippen molar-refractivity contribution in [3.63, 3.8) is 0 Å². The maximum Gasteiger partial charge on any atom is 0.172 e. The molecule has 2 aromatic heterocycles. The average Bonchev–Trinajstić information content (AvgIpc) is 2.73. The van der Waals surface area contributed by atoms with Crippen molar-refractivity contribution in [3.8, 4) is 5.82 Å². The van der Waals surface area contributed by atoms with E-state index in [1.807, 2.05) is 4.68 Å². The van der Waals surface area contributed by atoms with Crippen LogP contribution in [0.25, 0.3) is 5.82 Å². The van der Waals surface area contributed by atoms with Gasteiger partial charge in [-0.2, -0.15) is 5.10 Å². The molecule has 4 nitrogen and oxygen atoms in total. The number of hydrogen-bond acceptors (Lipinski definition) is 3. The maximum absolute atomic E-state index is 4.48. The molecule has 2 aromatic rings. The quantitative estimate of drug-likeness (QED) is 0.762. The van der Waals surface area contributed by atoms with Gasteiger partial charge in [0.25, 0.3) is 0 Å². The molecule has 0 aromatic carbocycles. The Morgan fingerprint density at radius 1 is 1.20 bits per heavy atom. The van der Waals surface area contributed by atoms with E-state index in [2.05, 4.69) is 35.0 Å². The lowest BCUT2D eigenvalue weighted by Crippen LogP contribution is -2.04. The minimum absolute atomic E-state index is 0.786. The molecule has 0 fully saturated rings. The third kappa shape index (κ3) is 1.88. The molecule has 78 valence electrons. The summed E-state index contributed by atoms with van der Waals surface area (Å²) in [4.78, 5) is 8.29. The van der Waals surface area contributed by atoms with Crippen molar-refractivity contribution in [2.45, 2.75) is 26.7 Å². The van der Waals surface area contributed by atoms with Crippen molar-refractivity contribution in [3.05, 3.63) is 36.0 Å². The predicted molar refractivity (Wildman–Crippen MR) is 57.9 cm³/mol. The van der Waals surface area contributed by atoms with Crippen LogP contribution in [0.1, 0.15) is 25.2 Å². The normalized spacial score (nSPS) is 10.5. The van der Waals surface area contributed by atoms with Crippen molar-refractivity contribution in [1.82, 2.24) is 19.7 Å². The fourth-order valence-corrected chi connectivity index (χ4v) is 1.50. The fraction of sp³-hybridized carbons (Fsp3) is 0.364. The van der Waals surface area contributed by atoms with Gasteiger partial charge in [0.05, 0.1) is 11.9 Å². The van der Waals surface area contributed by atoms with E-state index in [0.29, 0.717) is 0 Å². The van der Waals surface area contributed by atoms with E-state index >= 15 is 0 Å². The zero-order valence-electron chi connectivity index (χ0n) is 9.01. The van der Waals surface area contributed by atoms with Gasteiger partial charge in [0, 0.05) is 18.1 Å². The summed E-state index contributed by atoms with van der Waals surface area (Å²) in [5, 5.41) is 4.48. The van der Waals surface area contributed by atoms with Crippen LogP contribution >= 0.6 is 0 Å². The van der Waals surface area contributed by atoms with Gasteiger partial charge in [0.15, 0.2) is 5.82 Å². The number of hydrogen-bond donors (Lipinski definition) is 0. The van der Waals surface area contributed by atoms with E-state index in [-0.39, 0.29) is 0 Å². The van der Waals surface area contributed by atoms with Crippen LogP contribution in [0.5, 0.6) is 0 Å². The van der Waals surface area contributed by atoms with Gasteiger partial charge in [-0.25, -0.2) is 9.67 Å². The molecule has 0 amide bonds. The largest absolute Gasteiger partial charge is 0.259 e. The van der Waals surface area contributed by atoms with Crippen LogP contribution in [0, 0.1) is 0 Å². The molecule has 15 heavy (non-hydrogen) atoms. The lowest BCUT2D eigenvalue weighted by atomic mass is 10.3. The molecule has 0 aliphatic carbocycles. The number of aromatic nitrogens is 4. The second-order valence-electron chi connectivity index (χ2n) is 3.31. The van der Waals surface area contributed by atoms with Crippen LogP contribution < -0.4 is 0 Å². The Kier molecular flexibility index (Phi) is 2.76. The molecule has 0 atom stereocenters. The fourth-order valence-electron chi connectivity index (χ4n) is 1.50.